The molecule has 2 N–H and O–H groups in total. The van der Waals surface area contributed by atoms with Crippen LogP contribution in [0.3, 0.4) is 0 Å². The van der Waals surface area contributed by atoms with E-state index < -0.39 is 0 Å². The number of aliphatic hydroxyl groups excluding tert-OH is 2. The van der Waals surface area contributed by atoms with Gasteiger partial charge in [0.15, 0.2) is 0 Å². The van der Waals surface area contributed by atoms with Crippen LogP contribution in [0.4, 0.5) is 0 Å². The second-order valence-electron chi connectivity index (χ2n) is 14.5. The molecule has 0 spiro atoms. The first kappa shape index (κ1) is 33.1. The SMILES string of the molecule is C=CCO.CC(=O)OCC12CCCC1C1CCC3C4(C)CCC(O)C(C)C4CCC3(C)[C@]1(C)CC2.COC(C)=O. The van der Waals surface area contributed by atoms with Gasteiger partial charge in [0.1, 0.15) is 0 Å². The summed E-state index contributed by atoms with van der Waals surface area (Å²) in [6, 6.07) is 0. The number of esters is 2. The van der Waals surface area contributed by atoms with E-state index in [1.165, 1.54) is 84.3 Å². The van der Waals surface area contributed by atoms with E-state index in [2.05, 4.69) is 39.0 Å². The molecule has 5 rings (SSSR count). The predicted octanol–water partition coefficient (Wildman–Crippen LogP) is 6.72. The molecule has 0 heterocycles. The van der Waals surface area contributed by atoms with Gasteiger partial charge in [0.05, 0.1) is 26.4 Å². The smallest absolute Gasteiger partial charge is 0.302 e. The molecule has 0 amide bonds. The van der Waals surface area contributed by atoms with Gasteiger partial charge >= 0.3 is 11.9 Å². The molecule has 0 aliphatic heterocycles. The van der Waals surface area contributed by atoms with Crippen molar-refractivity contribution in [2.75, 3.05) is 20.3 Å². The summed E-state index contributed by atoms with van der Waals surface area (Å²) < 4.78 is 9.79. The second-order valence-corrected chi connectivity index (χ2v) is 14.5. The number of methoxy groups -OCH3 is 1. The van der Waals surface area contributed by atoms with E-state index in [1.54, 1.807) is 6.92 Å². The number of rotatable bonds is 3. The summed E-state index contributed by atoms with van der Waals surface area (Å²) in [5.74, 6) is 3.10. The van der Waals surface area contributed by atoms with Gasteiger partial charge in [0, 0.05) is 19.3 Å². The molecule has 5 aliphatic carbocycles. The van der Waals surface area contributed by atoms with Crippen LogP contribution in [0.5, 0.6) is 0 Å². The minimum atomic E-state index is -0.245. The molecule has 0 aromatic carbocycles. The van der Waals surface area contributed by atoms with Crippen molar-refractivity contribution in [3.63, 3.8) is 0 Å². The van der Waals surface area contributed by atoms with Crippen molar-refractivity contribution in [2.45, 2.75) is 118 Å². The highest BCUT2D eigenvalue weighted by Crippen LogP contribution is 2.75. The molecule has 6 nitrogen and oxygen atoms in total. The Hall–Kier alpha value is -1.40. The minimum absolute atomic E-state index is 0.0833. The summed E-state index contributed by atoms with van der Waals surface area (Å²) in [4.78, 5) is 21.2. The lowest BCUT2D eigenvalue weighted by molar-refractivity contribution is -0.236. The molecular formula is C34H58O6. The first-order valence-electron chi connectivity index (χ1n) is 15.8. The Bertz CT molecular complexity index is 903. The van der Waals surface area contributed by atoms with Gasteiger partial charge in [-0.05, 0) is 110 Å². The summed E-state index contributed by atoms with van der Waals surface area (Å²) in [6.07, 6.45) is 15.4. The van der Waals surface area contributed by atoms with Gasteiger partial charge in [-0.15, -0.1) is 6.58 Å². The van der Waals surface area contributed by atoms with Gasteiger partial charge in [-0.25, -0.2) is 0 Å². The van der Waals surface area contributed by atoms with Gasteiger partial charge in [-0.2, -0.15) is 0 Å². The van der Waals surface area contributed by atoms with Crippen molar-refractivity contribution in [1.29, 1.82) is 0 Å². The number of hydrogen-bond acceptors (Lipinski definition) is 6. The second kappa shape index (κ2) is 12.9. The summed E-state index contributed by atoms with van der Waals surface area (Å²) in [5, 5.41) is 18.4. The number of ether oxygens (including phenoxy) is 2. The third-order valence-electron chi connectivity index (χ3n) is 13.1. The minimum Gasteiger partial charge on any atom is -0.469 e. The maximum atomic E-state index is 11.6. The summed E-state index contributed by atoms with van der Waals surface area (Å²) in [7, 11) is 1.35. The molecule has 230 valence electrons. The van der Waals surface area contributed by atoms with Gasteiger partial charge in [0.25, 0.3) is 0 Å². The van der Waals surface area contributed by atoms with Crippen LogP contribution in [-0.4, -0.2) is 48.6 Å². The lowest BCUT2D eigenvalue weighted by atomic mass is 9.33. The van der Waals surface area contributed by atoms with E-state index in [-0.39, 0.29) is 30.1 Å². The Morgan fingerprint density at radius 1 is 0.875 bits per heavy atom. The maximum Gasteiger partial charge on any atom is 0.302 e. The Kier molecular flexibility index (Phi) is 10.6. The largest absolute Gasteiger partial charge is 0.469 e. The van der Waals surface area contributed by atoms with E-state index in [0.717, 1.165) is 24.2 Å². The van der Waals surface area contributed by atoms with Crippen LogP contribution in [0.1, 0.15) is 112 Å². The van der Waals surface area contributed by atoms with Crippen molar-refractivity contribution in [3.8, 4) is 0 Å². The third-order valence-corrected chi connectivity index (χ3v) is 13.1. The Labute approximate surface area is 243 Å². The lowest BCUT2D eigenvalue weighted by Gasteiger charge is -2.71. The average molecular weight is 563 g/mol. The molecule has 10 atom stereocenters. The molecule has 6 heteroatoms. The average Bonchev–Trinajstić information content (AvgIpc) is 3.35. The molecule has 0 aromatic heterocycles. The van der Waals surface area contributed by atoms with Crippen LogP contribution in [0.15, 0.2) is 12.7 Å². The monoisotopic (exact) mass is 562 g/mol. The van der Waals surface area contributed by atoms with Gasteiger partial charge in [-0.1, -0.05) is 40.2 Å². The van der Waals surface area contributed by atoms with E-state index in [9.17, 15) is 14.7 Å². The normalized spacial score (nSPS) is 44.9. The quantitative estimate of drug-likeness (QED) is 0.293. The fourth-order valence-corrected chi connectivity index (χ4v) is 10.8. The molecular weight excluding hydrogens is 504 g/mol. The van der Waals surface area contributed by atoms with Crippen LogP contribution in [0.2, 0.25) is 0 Å². The first-order chi connectivity index (χ1) is 18.8. The molecule has 5 aliphatic rings. The van der Waals surface area contributed by atoms with Gasteiger partial charge in [-0.3, -0.25) is 9.59 Å². The van der Waals surface area contributed by atoms with Crippen LogP contribution >= 0.6 is 0 Å². The summed E-state index contributed by atoms with van der Waals surface area (Å²) in [6.45, 7) is 17.2. The lowest BCUT2D eigenvalue weighted by Crippen LogP contribution is -2.65. The van der Waals surface area contributed by atoms with E-state index in [4.69, 9.17) is 9.84 Å². The molecule has 40 heavy (non-hydrogen) atoms. The van der Waals surface area contributed by atoms with E-state index in [0.29, 0.717) is 34.7 Å². The van der Waals surface area contributed by atoms with Gasteiger partial charge in [0.2, 0.25) is 0 Å². The van der Waals surface area contributed by atoms with Crippen LogP contribution in [0, 0.1) is 51.2 Å². The summed E-state index contributed by atoms with van der Waals surface area (Å²) >= 11 is 0. The molecule has 5 fully saturated rings. The number of aliphatic hydroxyl groups is 2. The first-order valence-corrected chi connectivity index (χ1v) is 15.8. The van der Waals surface area contributed by atoms with Gasteiger partial charge < -0.3 is 19.7 Å². The van der Waals surface area contributed by atoms with Crippen LogP contribution in [-0.2, 0) is 19.1 Å². The van der Waals surface area contributed by atoms with Crippen molar-refractivity contribution in [3.05, 3.63) is 12.7 Å². The standard InChI is InChI=1S/C28H46O3.C3H6O2.C3H6O/c1-18-20-10-14-27(5)24(25(20,3)13-11-23(18)30)9-8-21-22-7-6-12-28(22,17-31-19(2)29)16-15-26(21,27)4;1-3(4)5-2;1-2-3-4/h18,20-24,30H,6-17H2,1-5H3;1-2H3;2,4H,1,3H2/t18?,20?,21?,22?,23?,24?,25?,26-,27?,28?;;/m1../s1. The fraction of sp³-hybridized carbons (Fsp3) is 0.882. The summed E-state index contributed by atoms with van der Waals surface area (Å²) in [5.41, 5.74) is 1.45. The van der Waals surface area contributed by atoms with E-state index >= 15 is 0 Å². The van der Waals surface area contributed by atoms with Crippen LogP contribution < -0.4 is 0 Å². The van der Waals surface area contributed by atoms with Crippen molar-refractivity contribution < 1.29 is 29.3 Å². The van der Waals surface area contributed by atoms with E-state index in [1.807, 2.05) is 0 Å². The highest BCUT2D eigenvalue weighted by Gasteiger charge is 2.68. The Morgan fingerprint density at radius 2 is 1.52 bits per heavy atom. The van der Waals surface area contributed by atoms with Crippen LogP contribution in [0.25, 0.3) is 0 Å². The zero-order valence-electron chi connectivity index (χ0n) is 26.5. The van der Waals surface area contributed by atoms with Crippen molar-refractivity contribution in [1.82, 2.24) is 0 Å². The molecule has 0 radical (unpaired) electrons. The Balaban J connectivity index is 0.000000429. The zero-order chi connectivity index (χ0) is 29.9. The van der Waals surface area contributed by atoms with Crippen molar-refractivity contribution in [2.24, 2.45) is 51.2 Å². The zero-order valence-corrected chi connectivity index (χ0v) is 26.5. The fourth-order valence-electron chi connectivity index (χ4n) is 10.8. The highest BCUT2D eigenvalue weighted by atomic mass is 16.5. The molecule has 9 unspecified atom stereocenters. The van der Waals surface area contributed by atoms with Crippen molar-refractivity contribution >= 4 is 11.9 Å². The number of hydrogen-bond donors (Lipinski definition) is 2. The third kappa shape index (κ3) is 5.78. The Morgan fingerprint density at radius 3 is 2.10 bits per heavy atom. The molecule has 5 saturated carbocycles. The number of carbonyl (C=O) groups is 2. The topological polar surface area (TPSA) is 93.1 Å². The molecule has 0 saturated heterocycles. The highest BCUT2D eigenvalue weighted by molar-refractivity contribution is 5.66. The maximum absolute atomic E-state index is 11.6. The molecule has 0 aromatic rings. The number of carbonyl (C=O) groups excluding carboxylic acids is 2. The molecule has 0 bridgehead atoms. The number of fused-ring (bicyclic) bond motifs is 7. The predicted molar refractivity (Wildman–Crippen MR) is 158 cm³/mol.